The number of aryl methyl sites for hydroxylation is 1. The average Bonchev–Trinajstić information content (AvgIpc) is 2.15. The van der Waals surface area contributed by atoms with Gasteiger partial charge in [-0.15, -0.1) is 0 Å². The quantitative estimate of drug-likeness (QED) is 0.815. The smallest absolute Gasteiger partial charge is 0.309 e. The lowest BCUT2D eigenvalue weighted by Gasteiger charge is -2.36. The van der Waals surface area contributed by atoms with Crippen LogP contribution in [0.25, 0.3) is 0 Å². The van der Waals surface area contributed by atoms with Crippen molar-refractivity contribution in [1.29, 1.82) is 0 Å². The standard InChI is InChI=1S/C11H13ClN2O2/c1-7-2-8(3-13-10(7)12)4-14-5-9(6-14)11(15)16/h2-3,9H,4-6H2,1H3,(H,15,16). The summed E-state index contributed by atoms with van der Waals surface area (Å²) in [5.41, 5.74) is 2.03. The van der Waals surface area contributed by atoms with E-state index in [2.05, 4.69) is 9.88 Å². The van der Waals surface area contributed by atoms with E-state index in [0.717, 1.165) is 17.7 Å². The third-order valence-electron chi connectivity index (χ3n) is 2.78. The van der Waals surface area contributed by atoms with Crippen LogP contribution in [0.2, 0.25) is 5.15 Å². The molecule has 86 valence electrons. The van der Waals surface area contributed by atoms with Gasteiger partial charge in [-0.2, -0.15) is 0 Å². The minimum Gasteiger partial charge on any atom is -0.481 e. The lowest BCUT2D eigenvalue weighted by Crippen LogP contribution is -2.49. The molecule has 0 aliphatic carbocycles. The predicted molar refractivity (Wildman–Crippen MR) is 60.4 cm³/mol. The molecule has 1 aromatic rings. The number of aliphatic carboxylic acids is 1. The van der Waals surface area contributed by atoms with E-state index in [9.17, 15) is 4.79 Å². The van der Waals surface area contributed by atoms with Crippen molar-refractivity contribution in [2.24, 2.45) is 5.92 Å². The van der Waals surface area contributed by atoms with Crippen LogP contribution in [0.3, 0.4) is 0 Å². The lowest BCUT2D eigenvalue weighted by atomic mass is 10.00. The predicted octanol–water partition coefficient (Wildman–Crippen LogP) is 1.56. The second kappa shape index (κ2) is 4.39. The molecule has 1 aromatic heterocycles. The molecule has 1 aliphatic heterocycles. The van der Waals surface area contributed by atoms with Gasteiger partial charge < -0.3 is 5.11 Å². The molecule has 0 amide bonds. The zero-order valence-electron chi connectivity index (χ0n) is 8.98. The van der Waals surface area contributed by atoms with E-state index in [1.54, 1.807) is 6.20 Å². The van der Waals surface area contributed by atoms with Crippen molar-refractivity contribution in [2.45, 2.75) is 13.5 Å². The topological polar surface area (TPSA) is 53.4 Å². The zero-order chi connectivity index (χ0) is 11.7. The summed E-state index contributed by atoms with van der Waals surface area (Å²) in [5.74, 6) is -0.914. The van der Waals surface area contributed by atoms with E-state index in [1.165, 1.54) is 0 Å². The second-order valence-corrected chi connectivity index (χ2v) is 4.54. The van der Waals surface area contributed by atoms with Crippen LogP contribution in [0, 0.1) is 12.8 Å². The van der Waals surface area contributed by atoms with Crippen molar-refractivity contribution in [1.82, 2.24) is 9.88 Å². The molecule has 1 saturated heterocycles. The van der Waals surface area contributed by atoms with Crippen molar-refractivity contribution in [3.05, 3.63) is 28.5 Å². The second-order valence-electron chi connectivity index (χ2n) is 4.18. The highest BCUT2D eigenvalue weighted by Gasteiger charge is 2.32. The van der Waals surface area contributed by atoms with Crippen LogP contribution in [0.1, 0.15) is 11.1 Å². The number of aromatic nitrogens is 1. The van der Waals surface area contributed by atoms with Gasteiger partial charge in [-0.25, -0.2) is 4.98 Å². The van der Waals surface area contributed by atoms with Gasteiger partial charge in [0.25, 0.3) is 0 Å². The summed E-state index contributed by atoms with van der Waals surface area (Å²) in [6.45, 7) is 3.90. The van der Waals surface area contributed by atoms with Gasteiger partial charge in [0, 0.05) is 25.8 Å². The largest absolute Gasteiger partial charge is 0.481 e. The molecule has 1 N–H and O–H groups in total. The van der Waals surface area contributed by atoms with Crippen LogP contribution in [0.5, 0.6) is 0 Å². The number of hydrogen-bond donors (Lipinski definition) is 1. The van der Waals surface area contributed by atoms with Crippen LogP contribution >= 0.6 is 11.6 Å². The summed E-state index contributed by atoms with van der Waals surface area (Å²) in [5, 5.41) is 9.27. The molecule has 0 atom stereocenters. The summed E-state index contributed by atoms with van der Waals surface area (Å²) in [6.07, 6.45) is 1.74. The van der Waals surface area contributed by atoms with Crippen LogP contribution in [0.4, 0.5) is 0 Å². The summed E-state index contributed by atoms with van der Waals surface area (Å²) >= 11 is 5.83. The summed E-state index contributed by atoms with van der Waals surface area (Å²) in [6, 6.07) is 1.99. The fourth-order valence-electron chi connectivity index (χ4n) is 1.82. The first kappa shape index (κ1) is 11.4. The summed E-state index contributed by atoms with van der Waals surface area (Å²) in [7, 11) is 0. The Morgan fingerprint density at radius 3 is 2.94 bits per heavy atom. The normalized spacial score (nSPS) is 17.1. The van der Waals surface area contributed by atoms with Gasteiger partial charge >= 0.3 is 5.97 Å². The average molecular weight is 241 g/mol. The van der Waals surface area contributed by atoms with Crippen molar-refractivity contribution < 1.29 is 9.90 Å². The Hall–Kier alpha value is -1.13. The van der Waals surface area contributed by atoms with Gasteiger partial charge in [-0.3, -0.25) is 9.69 Å². The third-order valence-corrected chi connectivity index (χ3v) is 3.18. The number of nitrogens with zero attached hydrogens (tertiary/aromatic N) is 2. The van der Waals surface area contributed by atoms with Crippen molar-refractivity contribution in [3.8, 4) is 0 Å². The van der Waals surface area contributed by atoms with Crippen molar-refractivity contribution in [2.75, 3.05) is 13.1 Å². The summed E-state index contributed by atoms with van der Waals surface area (Å²) < 4.78 is 0. The molecule has 2 rings (SSSR count). The molecule has 4 nitrogen and oxygen atoms in total. The van der Waals surface area contributed by atoms with Gasteiger partial charge in [0.05, 0.1) is 5.92 Å². The first-order chi connectivity index (χ1) is 7.56. The molecular weight excluding hydrogens is 228 g/mol. The number of carboxylic acids is 1. The third kappa shape index (κ3) is 2.33. The number of pyridine rings is 1. The van der Waals surface area contributed by atoms with E-state index in [0.29, 0.717) is 18.2 Å². The van der Waals surface area contributed by atoms with Gasteiger partial charge in [0.15, 0.2) is 0 Å². The van der Waals surface area contributed by atoms with E-state index in [1.807, 2.05) is 13.0 Å². The van der Waals surface area contributed by atoms with E-state index in [-0.39, 0.29) is 5.92 Å². The molecule has 1 aliphatic rings. The molecule has 0 aromatic carbocycles. The monoisotopic (exact) mass is 240 g/mol. The van der Waals surface area contributed by atoms with Gasteiger partial charge in [-0.05, 0) is 18.1 Å². The maximum absolute atomic E-state index is 10.6. The highest BCUT2D eigenvalue weighted by Crippen LogP contribution is 2.20. The number of rotatable bonds is 3. The van der Waals surface area contributed by atoms with Crippen LogP contribution < -0.4 is 0 Å². The van der Waals surface area contributed by atoms with E-state index >= 15 is 0 Å². The van der Waals surface area contributed by atoms with E-state index in [4.69, 9.17) is 16.7 Å². The number of carboxylic acid groups (broad SMARTS) is 1. The maximum atomic E-state index is 10.6. The minimum absolute atomic E-state index is 0.207. The van der Waals surface area contributed by atoms with Crippen LogP contribution in [0.15, 0.2) is 12.3 Å². The molecule has 0 radical (unpaired) electrons. The first-order valence-electron chi connectivity index (χ1n) is 5.12. The molecular formula is C11H13ClN2O2. The molecule has 0 spiro atoms. The van der Waals surface area contributed by atoms with Crippen LogP contribution in [-0.4, -0.2) is 34.0 Å². The molecule has 5 heteroatoms. The van der Waals surface area contributed by atoms with Gasteiger partial charge in [0.2, 0.25) is 0 Å². The molecule has 16 heavy (non-hydrogen) atoms. The summed E-state index contributed by atoms with van der Waals surface area (Å²) in [4.78, 5) is 16.8. The van der Waals surface area contributed by atoms with Gasteiger partial charge in [-0.1, -0.05) is 17.7 Å². The first-order valence-corrected chi connectivity index (χ1v) is 5.50. The van der Waals surface area contributed by atoms with Crippen molar-refractivity contribution >= 4 is 17.6 Å². The number of hydrogen-bond acceptors (Lipinski definition) is 3. The maximum Gasteiger partial charge on any atom is 0.309 e. The minimum atomic E-state index is -0.707. The fraction of sp³-hybridized carbons (Fsp3) is 0.455. The Morgan fingerprint density at radius 1 is 1.69 bits per heavy atom. The Bertz CT molecular complexity index is 416. The molecule has 0 bridgehead atoms. The number of likely N-dealkylation sites (tertiary alicyclic amines) is 1. The highest BCUT2D eigenvalue weighted by atomic mass is 35.5. The lowest BCUT2D eigenvalue weighted by molar-refractivity contribution is -0.147. The molecule has 1 fully saturated rings. The SMILES string of the molecule is Cc1cc(CN2CC(C(=O)O)C2)cnc1Cl. The number of carbonyl (C=O) groups is 1. The Kier molecular flexibility index (Phi) is 3.12. The number of halogens is 1. The Morgan fingerprint density at radius 2 is 2.38 bits per heavy atom. The highest BCUT2D eigenvalue weighted by molar-refractivity contribution is 6.30. The molecule has 0 unspecified atom stereocenters. The fourth-order valence-corrected chi connectivity index (χ4v) is 1.92. The van der Waals surface area contributed by atoms with Crippen LogP contribution in [-0.2, 0) is 11.3 Å². The zero-order valence-corrected chi connectivity index (χ0v) is 9.74. The van der Waals surface area contributed by atoms with Gasteiger partial charge in [0.1, 0.15) is 5.15 Å². The Labute approximate surface area is 98.9 Å². The molecule has 0 saturated carbocycles. The van der Waals surface area contributed by atoms with E-state index < -0.39 is 5.97 Å². The Balaban J connectivity index is 1.91. The molecule has 2 heterocycles. The van der Waals surface area contributed by atoms with Crippen molar-refractivity contribution in [3.63, 3.8) is 0 Å².